The van der Waals surface area contributed by atoms with E-state index in [1.807, 2.05) is 0 Å². The number of carbonyl (C=O) groups excluding carboxylic acids is 2. The second kappa shape index (κ2) is 7.45. The highest BCUT2D eigenvalue weighted by Gasteiger charge is 2.37. The lowest BCUT2D eigenvalue weighted by Crippen LogP contribution is -2.37. The van der Waals surface area contributed by atoms with Crippen LogP contribution in [-0.2, 0) is 15.8 Å². The Morgan fingerprint density at radius 2 is 1.86 bits per heavy atom. The van der Waals surface area contributed by atoms with Gasteiger partial charge in [-0.3, -0.25) is 20.4 Å². The molecule has 2 heterocycles. The Bertz CT molecular complexity index is 896. The number of aryl methyl sites for hydroxylation is 2. The molecule has 1 aliphatic rings. The maximum absolute atomic E-state index is 12.9. The van der Waals surface area contributed by atoms with Crippen molar-refractivity contribution in [1.82, 2.24) is 15.4 Å². The summed E-state index contributed by atoms with van der Waals surface area (Å²) < 4.78 is 38.7. The fourth-order valence-corrected chi connectivity index (χ4v) is 2.98. The predicted molar refractivity (Wildman–Crippen MR) is 95.2 cm³/mol. The van der Waals surface area contributed by atoms with E-state index in [9.17, 15) is 22.8 Å². The van der Waals surface area contributed by atoms with Crippen LogP contribution in [0.4, 0.5) is 24.8 Å². The molecule has 0 bridgehead atoms. The standard InChI is InChI=1S/C18H18F3N5O2/c1-10-6-11(2)23-17(22-10)25-24-16(28)12-7-15(27)26(9-12)14-5-3-4-13(8-14)18(19,20)21/h3-6,8,12H,7,9H2,1-2H3,(H,24,28)(H,22,23,25). The summed E-state index contributed by atoms with van der Waals surface area (Å²) in [6.07, 6.45) is -4.61. The van der Waals surface area contributed by atoms with Gasteiger partial charge in [-0.2, -0.15) is 13.2 Å². The number of benzene rings is 1. The second-order valence-corrected chi connectivity index (χ2v) is 6.54. The first-order valence-corrected chi connectivity index (χ1v) is 8.49. The molecular formula is C18H18F3N5O2. The highest BCUT2D eigenvalue weighted by molar-refractivity contribution is 6.00. The average molecular weight is 393 g/mol. The van der Waals surface area contributed by atoms with Crippen LogP contribution in [0.25, 0.3) is 0 Å². The molecule has 2 aromatic rings. The van der Waals surface area contributed by atoms with Gasteiger partial charge in [0, 0.05) is 30.0 Å². The van der Waals surface area contributed by atoms with Crippen molar-refractivity contribution in [2.45, 2.75) is 26.4 Å². The highest BCUT2D eigenvalue weighted by atomic mass is 19.4. The lowest BCUT2D eigenvalue weighted by atomic mass is 10.1. The Labute approximate surface area is 158 Å². The monoisotopic (exact) mass is 393 g/mol. The van der Waals surface area contributed by atoms with Crippen LogP contribution in [0.15, 0.2) is 30.3 Å². The number of nitrogens with zero attached hydrogens (tertiary/aromatic N) is 3. The van der Waals surface area contributed by atoms with Crippen LogP contribution in [0.2, 0.25) is 0 Å². The lowest BCUT2D eigenvalue weighted by Gasteiger charge is -2.18. The van der Waals surface area contributed by atoms with Crippen LogP contribution in [-0.4, -0.2) is 28.3 Å². The molecule has 10 heteroatoms. The van der Waals surface area contributed by atoms with Gasteiger partial charge in [-0.1, -0.05) is 6.07 Å². The van der Waals surface area contributed by atoms with Gasteiger partial charge < -0.3 is 4.90 Å². The molecular weight excluding hydrogens is 375 g/mol. The molecule has 0 saturated carbocycles. The number of amides is 2. The van der Waals surface area contributed by atoms with E-state index in [2.05, 4.69) is 20.8 Å². The molecule has 3 rings (SSSR count). The number of rotatable bonds is 4. The summed E-state index contributed by atoms with van der Waals surface area (Å²) >= 11 is 0. The molecule has 1 saturated heterocycles. The van der Waals surface area contributed by atoms with Crippen LogP contribution >= 0.6 is 0 Å². The van der Waals surface area contributed by atoms with Gasteiger partial charge in [-0.05, 0) is 38.1 Å². The number of hydrogen-bond donors (Lipinski definition) is 2. The Balaban J connectivity index is 1.66. The van der Waals surface area contributed by atoms with E-state index in [4.69, 9.17) is 0 Å². The van der Waals surface area contributed by atoms with Crippen molar-refractivity contribution < 1.29 is 22.8 Å². The number of carbonyl (C=O) groups is 2. The van der Waals surface area contributed by atoms with Gasteiger partial charge >= 0.3 is 6.18 Å². The third-order valence-corrected chi connectivity index (χ3v) is 4.26. The molecule has 1 unspecified atom stereocenters. The summed E-state index contributed by atoms with van der Waals surface area (Å²) in [4.78, 5) is 34.0. The van der Waals surface area contributed by atoms with Crippen molar-refractivity contribution >= 4 is 23.5 Å². The molecule has 148 valence electrons. The van der Waals surface area contributed by atoms with Gasteiger partial charge in [0.1, 0.15) is 0 Å². The molecule has 2 amide bonds. The predicted octanol–water partition coefficient (Wildman–Crippen LogP) is 2.61. The number of alkyl halides is 3. The third-order valence-electron chi connectivity index (χ3n) is 4.26. The Morgan fingerprint density at radius 3 is 2.50 bits per heavy atom. The third kappa shape index (κ3) is 4.38. The maximum atomic E-state index is 12.9. The number of aromatic nitrogens is 2. The quantitative estimate of drug-likeness (QED) is 0.780. The summed E-state index contributed by atoms with van der Waals surface area (Å²) in [6, 6.07) is 6.25. The maximum Gasteiger partial charge on any atom is 0.416 e. The first-order valence-electron chi connectivity index (χ1n) is 8.49. The van der Waals surface area contributed by atoms with Crippen molar-refractivity contribution in [3.63, 3.8) is 0 Å². The summed E-state index contributed by atoms with van der Waals surface area (Å²) in [7, 11) is 0. The molecule has 0 spiro atoms. The van der Waals surface area contributed by atoms with Crippen LogP contribution in [0.1, 0.15) is 23.4 Å². The zero-order valence-corrected chi connectivity index (χ0v) is 15.2. The van der Waals surface area contributed by atoms with Gasteiger partial charge in [0.25, 0.3) is 0 Å². The topological polar surface area (TPSA) is 87.2 Å². The molecule has 0 aliphatic carbocycles. The van der Waals surface area contributed by atoms with Gasteiger partial charge in [0.2, 0.25) is 17.8 Å². The van der Waals surface area contributed by atoms with Crippen molar-refractivity contribution in [2.75, 3.05) is 16.9 Å². The zero-order valence-electron chi connectivity index (χ0n) is 15.2. The number of halogens is 3. The molecule has 28 heavy (non-hydrogen) atoms. The van der Waals surface area contributed by atoms with Gasteiger partial charge in [-0.25, -0.2) is 9.97 Å². The van der Waals surface area contributed by atoms with Crippen LogP contribution < -0.4 is 15.8 Å². The normalized spacial score (nSPS) is 17.0. The number of hydrogen-bond acceptors (Lipinski definition) is 5. The molecule has 2 N–H and O–H groups in total. The Hall–Kier alpha value is -3.17. The Morgan fingerprint density at radius 1 is 1.18 bits per heavy atom. The van der Waals surface area contributed by atoms with Crippen molar-refractivity contribution in [1.29, 1.82) is 0 Å². The van der Waals surface area contributed by atoms with E-state index in [-0.39, 0.29) is 24.6 Å². The van der Waals surface area contributed by atoms with Crippen molar-refractivity contribution in [2.24, 2.45) is 5.92 Å². The number of nitrogens with one attached hydrogen (secondary N) is 2. The zero-order chi connectivity index (χ0) is 20.5. The van der Waals surface area contributed by atoms with E-state index in [1.165, 1.54) is 17.0 Å². The summed E-state index contributed by atoms with van der Waals surface area (Å²) in [6.45, 7) is 3.55. The van der Waals surface area contributed by atoms with E-state index in [1.54, 1.807) is 19.9 Å². The first kappa shape index (κ1) is 19.6. The van der Waals surface area contributed by atoms with Gasteiger partial charge in [0.15, 0.2) is 0 Å². The molecule has 1 aromatic carbocycles. The lowest BCUT2D eigenvalue weighted by molar-refractivity contribution is -0.137. The average Bonchev–Trinajstić information content (AvgIpc) is 3.00. The van der Waals surface area contributed by atoms with E-state index >= 15 is 0 Å². The first-order chi connectivity index (χ1) is 13.1. The minimum absolute atomic E-state index is 0.0125. The fraction of sp³-hybridized carbons (Fsp3) is 0.333. The molecule has 7 nitrogen and oxygen atoms in total. The number of hydrazine groups is 1. The molecule has 1 fully saturated rings. The second-order valence-electron chi connectivity index (χ2n) is 6.54. The van der Waals surface area contributed by atoms with E-state index in [0.717, 1.165) is 23.5 Å². The number of anilines is 2. The summed E-state index contributed by atoms with van der Waals surface area (Å²) in [5.74, 6) is -1.38. The SMILES string of the molecule is Cc1cc(C)nc(NNC(=O)C2CC(=O)N(c3cccc(C(F)(F)F)c3)C2)n1. The summed E-state index contributed by atoms with van der Waals surface area (Å²) in [5.41, 5.74) is 5.75. The van der Waals surface area contributed by atoms with Crippen molar-refractivity contribution in [3.8, 4) is 0 Å². The molecule has 0 radical (unpaired) electrons. The fourth-order valence-electron chi connectivity index (χ4n) is 2.98. The van der Waals surface area contributed by atoms with Crippen LogP contribution in [0, 0.1) is 19.8 Å². The van der Waals surface area contributed by atoms with Crippen LogP contribution in [0.3, 0.4) is 0 Å². The Kier molecular flexibility index (Phi) is 5.21. The minimum atomic E-state index is -4.51. The molecule has 1 atom stereocenters. The van der Waals surface area contributed by atoms with Crippen LogP contribution in [0.5, 0.6) is 0 Å². The van der Waals surface area contributed by atoms with Gasteiger partial charge in [0.05, 0.1) is 11.5 Å². The minimum Gasteiger partial charge on any atom is -0.312 e. The largest absolute Gasteiger partial charge is 0.416 e. The highest BCUT2D eigenvalue weighted by Crippen LogP contribution is 2.33. The van der Waals surface area contributed by atoms with E-state index in [0.29, 0.717) is 0 Å². The van der Waals surface area contributed by atoms with E-state index < -0.39 is 29.5 Å². The molecule has 1 aliphatic heterocycles. The summed E-state index contributed by atoms with van der Waals surface area (Å²) in [5, 5.41) is 0. The molecule has 1 aromatic heterocycles. The van der Waals surface area contributed by atoms with Gasteiger partial charge in [-0.15, -0.1) is 0 Å². The smallest absolute Gasteiger partial charge is 0.312 e. The van der Waals surface area contributed by atoms with Crippen molar-refractivity contribution in [3.05, 3.63) is 47.3 Å².